The monoisotopic (exact) mass is 469 g/mol. The summed E-state index contributed by atoms with van der Waals surface area (Å²) in [5.74, 6) is -3.73. The van der Waals surface area contributed by atoms with Crippen molar-refractivity contribution in [2.45, 2.75) is 12.8 Å². The fourth-order valence-electron chi connectivity index (χ4n) is 3.39. The predicted molar refractivity (Wildman–Crippen MR) is 123 cm³/mol. The average Bonchev–Trinajstić information content (AvgIpc) is 2.79. The minimum atomic E-state index is -1.20. The number of hydrogen-bond acceptors (Lipinski definition) is 6. The van der Waals surface area contributed by atoms with Crippen LogP contribution in [0.5, 0.6) is 0 Å². The van der Waals surface area contributed by atoms with Gasteiger partial charge in [-0.1, -0.05) is 59.8 Å². The number of aryl methyl sites for hydroxylation is 1. The second-order valence-corrected chi connectivity index (χ2v) is 8.45. The van der Waals surface area contributed by atoms with Gasteiger partial charge in [-0.05, 0) is 30.2 Å². The molecule has 2 aromatic rings. The number of anilines is 1. The van der Waals surface area contributed by atoms with E-state index >= 15 is 0 Å². The number of halogens is 1. The van der Waals surface area contributed by atoms with Gasteiger partial charge in [0, 0.05) is 16.6 Å². The van der Waals surface area contributed by atoms with Crippen molar-refractivity contribution in [3.8, 4) is 6.07 Å². The highest BCUT2D eigenvalue weighted by molar-refractivity contribution is 8.03. The van der Waals surface area contributed by atoms with Gasteiger partial charge in [0.15, 0.2) is 0 Å². The smallest absolute Gasteiger partial charge is 0.319 e. The Morgan fingerprint density at radius 1 is 1.25 bits per heavy atom. The van der Waals surface area contributed by atoms with E-state index in [2.05, 4.69) is 16.7 Å². The maximum Gasteiger partial charge on any atom is 0.319 e. The number of nitrogens with one attached hydrogen (secondary N) is 2. The van der Waals surface area contributed by atoms with E-state index in [9.17, 15) is 19.6 Å². The Labute approximate surface area is 194 Å². The molecule has 1 aliphatic rings. The van der Waals surface area contributed by atoms with Crippen LogP contribution in [-0.4, -0.2) is 30.6 Å². The molecule has 3 rings (SSSR count). The normalized spacial score (nSPS) is 17.9. The maximum atomic E-state index is 12.8. The molecule has 2 aromatic carbocycles. The Bertz CT molecular complexity index is 1130. The SMILES string of the molecule is COC(=O)[C@H]1C(=O)NC(SCC(=O)Nc2cc(Cl)ccc2C)=C(C#N)[C@@H]1c1ccccc1. The number of nitriles is 1. The summed E-state index contributed by atoms with van der Waals surface area (Å²) in [5.41, 5.74) is 2.26. The molecule has 0 aliphatic carbocycles. The van der Waals surface area contributed by atoms with Crippen molar-refractivity contribution in [3.05, 3.63) is 75.3 Å². The molecule has 0 bridgehead atoms. The molecule has 0 radical (unpaired) electrons. The summed E-state index contributed by atoms with van der Waals surface area (Å²) in [6.45, 7) is 1.84. The van der Waals surface area contributed by atoms with E-state index in [-0.39, 0.29) is 22.3 Å². The van der Waals surface area contributed by atoms with Crippen molar-refractivity contribution < 1.29 is 19.1 Å². The molecule has 1 heterocycles. The first kappa shape index (κ1) is 23.4. The van der Waals surface area contributed by atoms with Crippen molar-refractivity contribution in [3.63, 3.8) is 0 Å². The molecule has 2 amide bonds. The summed E-state index contributed by atoms with van der Waals surface area (Å²) >= 11 is 7.01. The summed E-state index contributed by atoms with van der Waals surface area (Å²) in [7, 11) is 1.19. The molecular formula is C23H20ClN3O4S. The Balaban J connectivity index is 1.87. The number of benzene rings is 2. The van der Waals surface area contributed by atoms with E-state index in [0.29, 0.717) is 16.3 Å². The largest absolute Gasteiger partial charge is 0.468 e. The fraction of sp³-hybridized carbons (Fsp3) is 0.217. The van der Waals surface area contributed by atoms with Crippen LogP contribution in [0.15, 0.2) is 59.1 Å². The fourth-order valence-corrected chi connectivity index (χ4v) is 4.41. The topological polar surface area (TPSA) is 108 Å². The summed E-state index contributed by atoms with van der Waals surface area (Å²) in [4.78, 5) is 37.6. The van der Waals surface area contributed by atoms with Crippen molar-refractivity contribution in [1.82, 2.24) is 5.32 Å². The number of carbonyl (C=O) groups excluding carboxylic acids is 3. The van der Waals surface area contributed by atoms with Crippen LogP contribution >= 0.6 is 23.4 Å². The van der Waals surface area contributed by atoms with Crippen LogP contribution < -0.4 is 10.6 Å². The zero-order valence-corrected chi connectivity index (χ0v) is 18.9. The molecule has 0 aromatic heterocycles. The number of allylic oxidation sites excluding steroid dienone is 1. The predicted octanol–water partition coefficient (Wildman–Crippen LogP) is 3.76. The van der Waals surface area contributed by atoms with Crippen molar-refractivity contribution in [1.29, 1.82) is 5.26 Å². The Kier molecular flexibility index (Phi) is 7.57. The van der Waals surface area contributed by atoms with Crippen LogP contribution in [0.3, 0.4) is 0 Å². The molecule has 2 atom stereocenters. The Morgan fingerprint density at radius 2 is 1.97 bits per heavy atom. The number of amides is 2. The number of esters is 1. The molecule has 164 valence electrons. The number of carbonyl (C=O) groups is 3. The molecule has 0 spiro atoms. The standard InChI is InChI=1S/C23H20ClN3O4S/c1-13-8-9-15(24)10-17(13)26-18(28)12-32-22-16(11-25)19(14-6-4-3-5-7-14)20(21(29)27-22)23(30)31-2/h3-10,19-20H,12H2,1-2H3,(H,26,28)(H,27,29)/t19-,20+/m0/s1. The second-order valence-electron chi connectivity index (χ2n) is 7.03. The highest BCUT2D eigenvalue weighted by Gasteiger charge is 2.44. The van der Waals surface area contributed by atoms with E-state index in [0.717, 1.165) is 17.3 Å². The molecule has 2 N–H and O–H groups in total. The van der Waals surface area contributed by atoms with Gasteiger partial charge in [-0.2, -0.15) is 5.26 Å². The van der Waals surface area contributed by atoms with E-state index < -0.39 is 23.7 Å². The minimum absolute atomic E-state index is 0.0584. The number of ether oxygens (including phenoxy) is 1. The number of thioether (sulfide) groups is 1. The average molecular weight is 470 g/mol. The van der Waals surface area contributed by atoms with Crippen LogP contribution in [0.1, 0.15) is 17.0 Å². The number of rotatable bonds is 6. The Morgan fingerprint density at radius 3 is 2.62 bits per heavy atom. The van der Waals surface area contributed by atoms with Gasteiger partial charge in [0.05, 0.1) is 29.5 Å². The highest BCUT2D eigenvalue weighted by Crippen LogP contribution is 2.40. The zero-order valence-electron chi connectivity index (χ0n) is 17.3. The number of hydrogen-bond donors (Lipinski definition) is 2. The third-order valence-electron chi connectivity index (χ3n) is 4.96. The molecular weight excluding hydrogens is 450 g/mol. The molecule has 32 heavy (non-hydrogen) atoms. The van der Waals surface area contributed by atoms with Crippen molar-refractivity contribution in [2.24, 2.45) is 5.92 Å². The van der Waals surface area contributed by atoms with Gasteiger partial charge in [0.2, 0.25) is 11.8 Å². The van der Waals surface area contributed by atoms with Crippen molar-refractivity contribution in [2.75, 3.05) is 18.2 Å². The minimum Gasteiger partial charge on any atom is -0.468 e. The molecule has 1 aliphatic heterocycles. The molecule has 0 saturated heterocycles. The summed E-state index contributed by atoms with van der Waals surface area (Å²) < 4.78 is 4.81. The summed E-state index contributed by atoms with van der Waals surface area (Å²) in [5, 5.41) is 16.0. The molecule has 7 nitrogen and oxygen atoms in total. The van der Waals surface area contributed by atoms with Gasteiger partial charge in [0.1, 0.15) is 5.92 Å². The van der Waals surface area contributed by atoms with Gasteiger partial charge in [-0.25, -0.2) is 0 Å². The second kappa shape index (κ2) is 10.4. The molecule has 0 fully saturated rings. The quantitative estimate of drug-likeness (QED) is 0.492. The lowest BCUT2D eigenvalue weighted by Crippen LogP contribution is -2.44. The van der Waals surface area contributed by atoms with Gasteiger partial charge in [-0.15, -0.1) is 0 Å². The molecule has 0 unspecified atom stereocenters. The highest BCUT2D eigenvalue weighted by atomic mass is 35.5. The van der Waals surface area contributed by atoms with E-state index in [1.165, 1.54) is 7.11 Å². The van der Waals surface area contributed by atoms with Gasteiger partial charge >= 0.3 is 5.97 Å². The maximum absolute atomic E-state index is 12.8. The molecule has 9 heteroatoms. The first-order valence-corrected chi connectivity index (χ1v) is 11.0. The lowest BCUT2D eigenvalue weighted by molar-refractivity contribution is -0.150. The third-order valence-corrected chi connectivity index (χ3v) is 6.22. The first-order valence-electron chi connectivity index (χ1n) is 9.62. The summed E-state index contributed by atoms with van der Waals surface area (Å²) in [6.07, 6.45) is 0. The van der Waals surface area contributed by atoms with Crippen LogP contribution in [0.2, 0.25) is 5.02 Å². The summed E-state index contributed by atoms with van der Waals surface area (Å²) in [6, 6.07) is 16.1. The Hall–Kier alpha value is -3.28. The van der Waals surface area contributed by atoms with Crippen LogP contribution in [0.25, 0.3) is 0 Å². The van der Waals surface area contributed by atoms with Crippen molar-refractivity contribution >= 4 is 46.8 Å². The number of methoxy groups -OCH3 is 1. The van der Waals surface area contributed by atoms with E-state index in [1.807, 2.05) is 6.92 Å². The van der Waals surface area contributed by atoms with Crippen LogP contribution in [0.4, 0.5) is 5.69 Å². The zero-order chi connectivity index (χ0) is 23.3. The third kappa shape index (κ3) is 5.13. The van der Waals surface area contributed by atoms with Gasteiger partial charge in [0.25, 0.3) is 0 Å². The lowest BCUT2D eigenvalue weighted by Gasteiger charge is -2.30. The number of nitrogens with zero attached hydrogens (tertiary/aromatic N) is 1. The van der Waals surface area contributed by atoms with Gasteiger partial charge < -0.3 is 15.4 Å². The van der Waals surface area contributed by atoms with Crippen LogP contribution in [0, 0.1) is 24.2 Å². The molecule has 0 saturated carbocycles. The van der Waals surface area contributed by atoms with E-state index in [1.54, 1.807) is 48.5 Å². The lowest BCUT2D eigenvalue weighted by atomic mass is 9.78. The first-order chi connectivity index (χ1) is 15.3. The van der Waals surface area contributed by atoms with E-state index in [4.69, 9.17) is 16.3 Å². The van der Waals surface area contributed by atoms with Gasteiger partial charge in [-0.3, -0.25) is 14.4 Å². The van der Waals surface area contributed by atoms with Crippen LogP contribution in [-0.2, 0) is 19.1 Å².